The second-order valence-electron chi connectivity index (χ2n) is 5.72. The molecule has 0 saturated heterocycles. The summed E-state index contributed by atoms with van der Waals surface area (Å²) in [5.74, 6) is -0.369. The van der Waals surface area contributed by atoms with Crippen molar-refractivity contribution in [1.82, 2.24) is 0 Å². The predicted molar refractivity (Wildman–Crippen MR) is 98.2 cm³/mol. The molecule has 0 radical (unpaired) electrons. The second-order valence-corrected chi connectivity index (χ2v) is 5.72. The Bertz CT molecular complexity index is 1110. The molecular weight excluding hydrogens is 352 g/mol. The fourth-order valence-corrected chi connectivity index (χ4v) is 2.54. The van der Waals surface area contributed by atoms with Gasteiger partial charge in [-0.25, -0.2) is 4.79 Å². The minimum atomic E-state index is -0.698. The quantitative estimate of drug-likeness (QED) is 0.414. The summed E-state index contributed by atoms with van der Waals surface area (Å²) >= 11 is 0. The zero-order valence-electron chi connectivity index (χ0n) is 14.6. The number of phenolic OH excluding ortho intramolecular Hbond substituents is 2. The van der Waals surface area contributed by atoms with Gasteiger partial charge in [-0.3, -0.25) is 4.79 Å². The number of ether oxygens (including phenoxy) is 2. The molecule has 0 atom stereocenters. The number of esters is 1. The smallest absolute Gasteiger partial charge is 0.336 e. The summed E-state index contributed by atoms with van der Waals surface area (Å²) in [7, 11) is 1.42. The van der Waals surface area contributed by atoms with Crippen molar-refractivity contribution in [3.05, 3.63) is 64.0 Å². The van der Waals surface area contributed by atoms with Gasteiger partial charge in [0.15, 0.2) is 16.9 Å². The number of benzene rings is 2. The molecule has 1 aromatic heterocycles. The summed E-state index contributed by atoms with van der Waals surface area (Å²) < 4.78 is 15.6. The van der Waals surface area contributed by atoms with E-state index in [0.29, 0.717) is 11.3 Å². The lowest BCUT2D eigenvalue weighted by molar-refractivity contribution is -0.128. The first kappa shape index (κ1) is 18.1. The van der Waals surface area contributed by atoms with Crippen LogP contribution in [0.3, 0.4) is 0 Å². The highest BCUT2D eigenvalue weighted by molar-refractivity contribution is 5.90. The van der Waals surface area contributed by atoms with Gasteiger partial charge < -0.3 is 24.1 Å². The third kappa shape index (κ3) is 3.92. The molecule has 0 amide bonds. The van der Waals surface area contributed by atoms with Gasteiger partial charge in [0.05, 0.1) is 7.11 Å². The lowest BCUT2D eigenvalue weighted by Crippen LogP contribution is -2.05. The molecule has 0 saturated carbocycles. The van der Waals surface area contributed by atoms with E-state index >= 15 is 0 Å². The van der Waals surface area contributed by atoms with E-state index in [1.165, 1.54) is 43.5 Å². The molecule has 1 heterocycles. The third-order valence-corrected chi connectivity index (χ3v) is 3.74. The summed E-state index contributed by atoms with van der Waals surface area (Å²) in [6.07, 6.45) is 2.66. The highest BCUT2D eigenvalue weighted by atomic mass is 16.5. The van der Waals surface area contributed by atoms with E-state index < -0.39 is 5.97 Å². The topological polar surface area (TPSA) is 106 Å². The third-order valence-electron chi connectivity index (χ3n) is 3.74. The van der Waals surface area contributed by atoms with E-state index in [-0.39, 0.29) is 39.4 Å². The second kappa shape index (κ2) is 7.25. The van der Waals surface area contributed by atoms with Crippen molar-refractivity contribution in [2.24, 2.45) is 0 Å². The molecule has 0 aliphatic carbocycles. The Labute approximate surface area is 153 Å². The van der Waals surface area contributed by atoms with Crippen molar-refractivity contribution in [3.63, 3.8) is 0 Å². The van der Waals surface area contributed by atoms with Gasteiger partial charge in [-0.15, -0.1) is 0 Å². The minimum Gasteiger partial charge on any atom is -0.507 e. The van der Waals surface area contributed by atoms with Crippen molar-refractivity contribution in [2.45, 2.75) is 6.92 Å². The number of rotatable bonds is 4. The van der Waals surface area contributed by atoms with Crippen LogP contribution in [0.5, 0.6) is 23.0 Å². The number of aromatic hydroxyl groups is 2. The molecule has 27 heavy (non-hydrogen) atoms. The zero-order valence-corrected chi connectivity index (χ0v) is 14.6. The van der Waals surface area contributed by atoms with Gasteiger partial charge >= 0.3 is 5.97 Å². The standard InChI is InChI=1S/C20H16O7/c1-11-7-15(22)20-16(23)9-13(10-18(20)26-11)27-19(24)6-4-12-3-5-14(21)17(8-12)25-2/h3-10,21,23H,1-2H3. The van der Waals surface area contributed by atoms with Crippen LogP contribution in [0.2, 0.25) is 0 Å². The molecule has 0 spiro atoms. The summed E-state index contributed by atoms with van der Waals surface area (Å²) in [5.41, 5.74) is 0.352. The molecule has 138 valence electrons. The lowest BCUT2D eigenvalue weighted by atomic mass is 10.2. The van der Waals surface area contributed by atoms with Crippen LogP contribution in [0.25, 0.3) is 17.0 Å². The van der Waals surface area contributed by atoms with Gasteiger partial charge in [0.1, 0.15) is 28.2 Å². The highest BCUT2D eigenvalue weighted by Crippen LogP contribution is 2.29. The van der Waals surface area contributed by atoms with Crippen LogP contribution >= 0.6 is 0 Å². The largest absolute Gasteiger partial charge is 0.507 e. The Morgan fingerprint density at radius 3 is 2.63 bits per heavy atom. The van der Waals surface area contributed by atoms with Gasteiger partial charge in [0, 0.05) is 24.3 Å². The molecule has 0 aliphatic rings. The molecule has 7 heteroatoms. The highest BCUT2D eigenvalue weighted by Gasteiger charge is 2.12. The molecule has 3 rings (SSSR count). The van der Waals surface area contributed by atoms with Crippen LogP contribution in [0.15, 0.2) is 51.7 Å². The maximum atomic E-state index is 12.0. The fourth-order valence-electron chi connectivity index (χ4n) is 2.54. The Balaban J connectivity index is 1.83. The summed E-state index contributed by atoms with van der Waals surface area (Å²) in [6, 6.07) is 8.39. The number of carbonyl (C=O) groups excluding carboxylic acids is 1. The van der Waals surface area contributed by atoms with Crippen LogP contribution < -0.4 is 14.9 Å². The van der Waals surface area contributed by atoms with Crippen LogP contribution in [0.1, 0.15) is 11.3 Å². The number of aryl methyl sites for hydroxylation is 1. The molecule has 0 bridgehead atoms. The number of hydrogen-bond donors (Lipinski definition) is 2. The summed E-state index contributed by atoms with van der Waals surface area (Å²) in [5, 5.41) is 19.6. The first-order valence-corrected chi connectivity index (χ1v) is 7.92. The van der Waals surface area contributed by atoms with Crippen molar-refractivity contribution < 1.29 is 28.9 Å². The number of fused-ring (bicyclic) bond motifs is 1. The SMILES string of the molecule is COc1cc(C=CC(=O)Oc2cc(O)c3c(=O)cc(C)oc3c2)ccc1O. The van der Waals surface area contributed by atoms with E-state index in [1.807, 2.05) is 0 Å². The number of hydrogen-bond acceptors (Lipinski definition) is 7. The maximum Gasteiger partial charge on any atom is 0.336 e. The Hall–Kier alpha value is -3.74. The van der Waals surface area contributed by atoms with E-state index in [4.69, 9.17) is 13.9 Å². The average Bonchev–Trinajstić information content (AvgIpc) is 2.60. The van der Waals surface area contributed by atoms with E-state index in [1.54, 1.807) is 19.1 Å². The van der Waals surface area contributed by atoms with E-state index in [9.17, 15) is 19.8 Å². The molecule has 2 aromatic carbocycles. The predicted octanol–water partition coefficient (Wildman–Crippen LogP) is 3.14. The first-order valence-electron chi connectivity index (χ1n) is 7.92. The van der Waals surface area contributed by atoms with Crippen LogP contribution in [0, 0.1) is 6.92 Å². The number of methoxy groups -OCH3 is 1. The Morgan fingerprint density at radius 2 is 1.89 bits per heavy atom. The molecule has 0 unspecified atom stereocenters. The molecular formula is C20H16O7. The van der Waals surface area contributed by atoms with Crippen molar-refractivity contribution >= 4 is 23.0 Å². The molecule has 7 nitrogen and oxygen atoms in total. The van der Waals surface area contributed by atoms with Gasteiger partial charge in [-0.1, -0.05) is 6.07 Å². The van der Waals surface area contributed by atoms with Gasteiger partial charge in [-0.2, -0.15) is 0 Å². The van der Waals surface area contributed by atoms with E-state index in [0.717, 1.165) is 0 Å². The monoisotopic (exact) mass is 368 g/mol. The van der Waals surface area contributed by atoms with Crippen LogP contribution in [0.4, 0.5) is 0 Å². The molecule has 2 N–H and O–H groups in total. The molecule has 3 aromatic rings. The number of carbonyl (C=O) groups is 1. The van der Waals surface area contributed by atoms with E-state index in [2.05, 4.69) is 0 Å². The van der Waals surface area contributed by atoms with Gasteiger partial charge in [0.25, 0.3) is 0 Å². The number of phenols is 2. The lowest BCUT2D eigenvalue weighted by Gasteiger charge is -2.06. The van der Waals surface area contributed by atoms with Crippen LogP contribution in [-0.4, -0.2) is 23.3 Å². The summed E-state index contributed by atoms with van der Waals surface area (Å²) in [6.45, 7) is 1.60. The van der Waals surface area contributed by atoms with Gasteiger partial charge in [0.2, 0.25) is 0 Å². The Kier molecular flexibility index (Phi) is 4.85. The fraction of sp³-hybridized carbons (Fsp3) is 0.100. The Morgan fingerprint density at radius 1 is 1.11 bits per heavy atom. The maximum absolute atomic E-state index is 12.0. The molecule has 0 aliphatic heterocycles. The summed E-state index contributed by atoms with van der Waals surface area (Å²) in [4.78, 5) is 23.9. The first-order chi connectivity index (χ1) is 12.9. The molecule has 0 fully saturated rings. The van der Waals surface area contributed by atoms with Crippen molar-refractivity contribution in [1.29, 1.82) is 0 Å². The van der Waals surface area contributed by atoms with Crippen molar-refractivity contribution in [2.75, 3.05) is 7.11 Å². The van der Waals surface area contributed by atoms with Gasteiger partial charge in [-0.05, 0) is 30.7 Å². The normalized spacial score (nSPS) is 11.0. The van der Waals surface area contributed by atoms with Crippen LogP contribution in [-0.2, 0) is 4.79 Å². The zero-order chi connectivity index (χ0) is 19.6. The average molecular weight is 368 g/mol. The van der Waals surface area contributed by atoms with Crippen molar-refractivity contribution in [3.8, 4) is 23.0 Å². The minimum absolute atomic E-state index is 0.0133.